The van der Waals surface area contributed by atoms with E-state index in [9.17, 15) is 9.59 Å². The second kappa shape index (κ2) is 6.10. The Morgan fingerprint density at radius 1 is 1.42 bits per heavy atom. The van der Waals surface area contributed by atoms with Gasteiger partial charge in [0.1, 0.15) is 11.2 Å². The number of amides is 2. The van der Waals surface area contributed by atoms with Crippen LogP contribution in [0.3, 0.4) is 0 Å². The van der Waals surface area contributed by atoms with E-state index in [4.69, 9.17) is 4.74 Å². The van der Waals surface area contributed by atoms with Crippen LogP contribution in [0.5, 0.6) is 5.88 Å². The number of rotatable bonds is 4. The van der Waals surface area contributed by atoms with Crippen LogP contribution in [0.15, 0.2) is 17.8 Å². The van der Waals surface area contributed by atoms with Crippen molar-refractivity contribution in [2.45, 2.75) is 6.92 Å². The van der Waals surface area contributed by atoms with Crippen molar-refractivity contribution in [1.82, 2.24) is 15.3 Å². The molecular weight excluding hydrogens is 270 g/mol. The van der Waals surface area contributed by atoms with E-state index in [1.54, 1.807) is 13.0 Å². The predicted molar refractivity (Wildman–Crippen MR) is 68.1 cm³/mol. The maximum Gasteiger partial charge on any atom is 0.413 e. The zero-order valence-corrected chi connectivity index (χ0v) is 10.9. The van der Waals surface area contributed by atoms with Crippen molar-refractivity contribution in [2.24, 2.45) is 0 Å². The fraction of sp³-hybridized carbons (Fsp3) is 0.273. The Labute approximate surface area is 112 Å². The molecule has 0 aliphatic carbocycles. The zero-order chi connectivity index (χ0) is 13.7. The highest BCUT2D eigenvalue weighted by molar-refractivity contribution is 7.16. The fourth-order valence-corrected chi connectivity index (χ4v) is 2.06. The first-order valence-corrected chi connectivity index (χ1v) is 6.36. The summed E-state index contributed by atoms with van der Waals surface area (Å²) < 4.78 is 9.83. The topological polar surface area (TPSA) is 90.4 Å². The van der Waals surface area contributed by atoms with Gasteiger partial charge in [0, 0.05) is 0 Å². The van der Waals surface area contributed by atoms with E-state index < -0.39 is 12.0 Å². The quantitative estimate of drug-likeness (QED) is 0.909. The van der Waals surface area contributed by atoms with Gasteiger partial charge in [0.05, 0.1) is 12.0 Å². The lowest BCUT2D eigenvalue weighted by atomic mass is 10.4. The number of hydrogen-bond donors (Lipinski definition) is 1. The summed E-state index contributed by atoms with van der Waals surface area (Å²) in [6.07, 6.45) is 0.566. The molecule has 100 valence electrons. The number of carbonyl (C=O) groups is 2. The minimum absolute atomic E-state index is 0.196. The molecule has 0 aliphatic rings. The smallest absolute Gasteiger partial charge is 0.413 e. The Kier molecular flexibility index (Phi) is 4.24. The number of ether oxygens (including phenoxy) is 2. The summed E-state index contributed by atoms with van der Waals surface area (Å²) in [6, 6.07) is 1.80. The first-order valence-electron chi connectivity index (χ1n) is 5.48. The van der Waals surface area contributed by atoms with Crippen molar-refractivity contribution in [2.75, 3.05) is 13.2 Å². The number of imide groups is 1. The molecule has 0 aliphatic heterocycles. The van der Waals surface area contributed by atoms with Crippen LogP contribution < -0.4 is 10.1 Å². The molecule has 0 unspecified atom stereocenters. The van der Waals surface area contributed by atoms with E-state index in [2.05, 4.69) is 14.7 Å². The van der Waals surface area contributed by atoms with Crippen LogP contribution in [0.2, 0.25) is 0 Å². The van der Waals surface area contributed by atoms with Gasteiger partial charge in [-0.25, -0.2) is 14.8 Å². The summed E-state index contributed by atoms with van der Waals surface area (Å²) in [6.45, 7) is 1.52. The van der Waals surface area contributed by atoms with Crippen LogP contribution in [0.25, 0.3) is 10.2 Å². The molecule has 2 amide bonds. The predicted octanol–water partition coefficient (Wildman–Crippen LogP) is 1.34. The highest BCUT2D eigenvalue weighted by Gasteiger charge is 2.11. The lowest BCUT2D eigenvalue weighted by Gasteiger charge is -2.06. The van der Waals surface area contributed by atoms with E-state index in [1.807, 2.05) is 10.7 Å². The molecule has 0 saturated heterocycles. The van der Waals surface area contributed by atoms with Gasteiger partial charge < -0.3 is 9.47 Å². The van der Waals surface area contributed by atoms with E-state index in [0.29, 0.717) is 5.88 Å². The number of fused-ring (bicyclic) bond motifs is 1. The molecule has 0 radical (unpaired) electrons. The summed E-state index contributed by atoms with van der Waals surface area (Å²) in [7, 11) is 0. The largest absolute Gasteiger partial charge is 0.467 e. The molecule has 1 N–H and O–H groups in total. The average Bonchev–Trinajstić information content (AvgIpc) is 2.85. The average molecular weight is 281 g/mol. The summed E-state index contributed by atoms with van der Waals surface area (Å²) in [4.78, 5) is 31.2. The number of carbonyl (C=O) groups excluding carboxylic acids is 2. The summed E-state index contributed by atoms with van der Waals surface area (Å²) in [5.41, 5.74) is 0. The zero-order valence-electron chi connectivity index (χ0n) is 10.1. The number of alkyl carbamates (subject to hydrolysis) is 1. The molecule has 8 heteroatoms. The van der Waals surface area contributed by atoms with Crippen molar-refractivity contribution in [1.29, 1.82) is 0 Å². The molecule has 0 bridgehead atoms. The highest BCUT2D eigenvalue weighted by Crippen LogP contribution is 2.25. The number of aromatic nitrogens is 2. The normalized spacial score (nSPS) is 10.2. The van der Waals surface area contributed by atoms with Gasteiger partial charge in [-0.2, -0.15) is 0 Å². The van der Waals surface area contributed by atoms with Crippen molar-refractivity contribution in [3.63, 3.8) is 0 Å². The first-order chi connectivity index (χ1) is 9.20. The Morgan fingerprint density at radius 3 is 3.05 bits per heavy atom. The molecule has 0 saturated carbocycles. The summed E-state index contributed by atoms with van der Waals surface area (Å²) >= 11 is 1.45. The maximum atomic E-state index is 11.4. The van der Waals surface area contributed by atoms with Gasteiger partial charge in [-0.1, -0.05) is 0 Å². The molecule has 0 fully saturated rings. The van der Waals surface area contributed by atoms with Gasteiger partial charge in [0.15, 0.2) is 6.61 Å². The molecule has 7 nitrogen and oxygen atoms in total. The van der Waals surface area contributed by atoms with Gasteiger partial charge in [-0.3, -0.25) is 10.1 Å². The Hall–Kier alpha value is -2.22. The van der Waals surface area contributed by atoms with Gasteiger partial charge in [0.2, 0.25) is 5.88 Å². The third-order valence-corrected chi connectivity index (χ3v) is 2.90. The summed E-state index contributed by atoms with van der Waals surface area (Å²) in [5, 5.41) is 4.61. The van der Waals surface area contributed by atoms with Gasteiger partial charge >= 0.3 is 6.09 Å². The monoisotopic (exact) mass is 281 g/mol. The van der Waals surface area contributed by atoms with Gasteiger partial charge in [-0.05, 0) is 18.4 Å². The van der Waals surface area contributed by atoms with Crippen LogP contribution >= 0.6 is 11.3 Å². The molecular formula is C11H11N3O4S. The van der Waals surface area contributed by atoms with E-state index in [-0.39, 0.29) is 13.2 Å². The Morgan fingerprint density at radius 2 is 2.26 bits per heavy atom. The maximum absolute atomic E-state index is 11.4. The van der Waals surface area contributed by atoms with Crippen LogP contribution in [-0.4, -0.2) is 35.2 Å². The molecule has 2 aromatic rings. The third-order valence-electron chi connectivity index (χ3n) is 2.08. The van der Waals surface area contributed by atoms with Gasteiger partial charge in [0.25, 0.3) is 5.91 Å². The second-order valence-corrected chi connectivity index (χ2v) is 4.27. The Balaban J connectivity index is 1.93. The van der Waals surface area contributed by atoms with E-state index in [1.165, 1.54) is 17.7 Å². The van der Waals surface area contributed by atoms with Crippen LogP contribution in [0, 0.1) is 0 Å². The van der Waals surface area contributed by atoms with Crippen molar-refractivity contribution in [3.8, 4) is 5.88 Å². The third kappa shape index (κ3) is 3.38. The van der Waals surface area contributed by atoms with Crippen LogP contribution in [0.4, 0.5) is 4.79 Å². The highest BCUT2D eigenvalue weighted by atomic mass is 32.1. The lowest BCUT2D eigenvalue weighted by Crippen LogP contribution is -2.34. The Bertz CT molecular complexity index is 598. The van der Waals surface area contributed by atoms with E-state index in [0.717, 1.165) is 10.2 Å². The fourth-order valence-electron chi connectivity index (χ4n) is 1.33. The minimum Gasteiger partial charge on any atom is -0.467 e. The second-order valence-electron chi connectivity index (χ2n) is 3.38. The molecule has 0 spiro atoms. The SMILES string of the molecule is CCOC(=O)NC(=O)COc1ncnc2sccc12. The molecule has 0 aromatic carbocycles. The summed E-state index contributed by atoms with van der Waals surface area (Å²) in [5.74, 6) is -0.286. The van der Waals surface area contributed by atoms with Crippen molar-refractivity contribution < 1.29 is 19.1 Å². The van der Waals surface area contributed by atoms with Crippen molar-refractivity contribution in [3.05, 3.63) is 17.8 Å². The first kappa shape index (κ1) is 13.2. The molecule has 19 heavy (non-hydrogen) atoms. The van der Waals surface area contributed by atoms with Crippen LogP contribution in [0.1, 0.15) is 6.92 Å². The number of nitrogens with one attached hydrogen (secondary N) is 1. The number of thiophene rings is 1. The molecule has 2 aromatic heterocycles. The number of nitrogens with zero attached hydrogens (tertiary/aromatic N) is 2. The van der Waals surface area contributed by atoms with Crippen molar-refractivity contribution >= 4 is 33.6 Å². The lowest BCUT2D eigenvalue weighted by molar-refractivity contribution is -0.122. The standard InChI is InChI=1S/C11H11N3O4S/c1-2-17-11(16)14-8(15)5-18-9-7-3-4-19-10(7)13-6-12-9/h3-4,6H,2,5H2,1H3,(H,14,15,16). The molecule has 0 atom stereocenters. The van der Waals surface area contributed by atoms with E-state index >= 15 is 0 Å². The number of hydrogen-bond acceptors (Lipinski definition) is 7. The molecule has 2 heterocycles. The minimum atomic E-state index is -0.792. The molecule has 2 rings (SSSR count). The van der Waals surface area contributed by atoms with Crippen LogP contribution in [-0.2, 0) is 9.53 Å². The van der Waals surface area contributed by atoms with Gasteiger partial charge in [-0.15, -0.1) is 11.3 Å².